The van der Waals surface area contributed by atoms with Crippen LogP contribution in [0.3, 0.4) is 0 Å². The van der Waals surface area contributed by atoms with Crippen LogP contribution in [0.2, 0.25) is 5.02 Å². The van der Waals surface area contributed by atoms with E-state index in [1.54, 1.807) is 4.90 Å². The number of carbonyl (C=O) groups excluding carboxylic acids is 2. The molecule has 0 unspecified atom stereocenters. The van der Waals surface area contributed by atoms with Crippen molar-refractivity contribution in [3.8, 4) is 22.6 Å². The van der Waals surface area contributed by atoms with Crippen LogP contribution in [0.25, 0.3) is 11.1 Å². The summed E-state index contributed by atoms with van der Waals surface area (Å²) >= 11 is 6.59. The number of nitrogens with zero attached hydrogens (tertiary/aromatic N) is 1. The summed E-state index contributed by atoms with van der Waals surface area (Å²) in [6.07, 6.45) is 2.47. The molecule has 0 saturated carbocycles. The number of halogens is 3. The number of aliphatic hydroxyl groups excluding tert-OH is 1. The van der Waals surface area contributed by atoms with Crippen LogP contribution in [0.1, 0.15) is 54.1 Å². The highest BCUT2D eigenvalue weighted by atomic mass is 35.5. The number of benzene rings is 3. The summed E-state index contributed by atoms with van der Waals surface area (Å²) in [5.74, 6) is -2.89. The summed E-state index contributed by atoms with van der Waals surface area (Å²) in [5.41, 5.74) is -0.719. The van der Waals surface area contributed by atoms with E-state index < -0.39 is 40.4 Å². The molecule has 1 amide bonds. The lowest BCUT2D eigenvalue weighted by Gasteiger charge is -2.39. The van der Waals surface area contributed by atoms with Crippen molar-refractivity contribution in [3.63, 3.8) is 0 Å². The van der Waals surface area contributed by atoms with Gasteiger partial charge in [-0.25, -0.2) is 18.4 Å². The van der Waals surface area contributed by atoms with Crippen molar-refractivity contribution in [1.82, 2.24) is 4.90 Å². The van der Waals surface area contributed by atoms with E-state index in [9.17, 15) is 14.7 Å². The lowest BCUT2D eigenvalue weighted by molar-refractivity contribution is -0.000225. The predicted octanol–water partition coefficient (Wildman–Crippen LogP) is 6.67. The highest BCUT2D eigenvalue weighted by molar-refractivity contribution is 6.34. The fourth-order valence-electron chi connectivity index (χ4n) is 6.13. The fourth-order valence-corrected chi connectivity index (χ4v) is 6.39. The van der Waals surface area contributed by atoms with Gasteiger partial charge in [0.1, 0.15) is 18.2 Å². The highest BCUT2D eigenvalue weighted by Gasteiger charge is 2.54. The van der Waals surface area contributed by atoms with Crippen molar-refractivity contribution in [1.29, 1.82) is 0 Å². The molecule has 234 valence electrons. The van der Waals surface area contributed by atoms with Crippen molar-refractivity contribution in [2.24, 2.45) is 0 Å². The first kappa shape index (κ1) is 31.5. The van der Waals surface area contributed by atoms with Crippen LogP contribution in [-0.2, 0) is 21.5 Å². The molecule has 5 rings (SSSR count). The number of unbranched alkanes of at least 4 members (excludes halogenated alkanes) is 1. The Morgan fingerprint density at radius 1 is 1.14 bits per heavy atom. The number of hydrogen-bond donors (Lipinski definition) is 1. The minimum absolute atomic E-state index is 0.0763. The van der Waals surface area contributed by atoms with E-state index >= 15 is 8.78 Å². The number of hydrogen-bond acceptors (Lipinski definition) is 7. The number of fused-ring (bicyclic) bond motifs is 1. The van der Waals surface area contributed by atoms with Gasteiger partial charge in [0.15, 0.2) is 17.2 Å². The molecule has 3 aromatic carbocycles. The van der Waals surface area contributed by atoms with Gasteiger partial charge in [-0.05, 0) is 37.0 Å². The maximum absolute atomic E-state index is 16.2. The SMILES string of the molecule is CCCCOC(=O)N1CCC[C@H]1[C@@]1(c2ccccc2)Cc2c(cc(F)c(Cl)c2-c2c(C(=O)OC)ccc(OCCO)c2F)O1. The third-order valence-electron chi connectivity index (χ3n) is 8.14. The predicted molar refractivity (Wildman–Crippen MR) is 159 cm³/mol. The summed E-state index contributed by atoms with van der Waals surface area (Å²) in [6, 6.07) is 12.4. The van der Waals surface area contributed by atoms with Crippen LogP contribution in [0, 0.1) is 11.6 Å². The maximum atomic E-state index is 16.2. The van der Waals surface area contributed by atoms with Crippen molar-refractivity contribution < 1.29 is 42.4 Å². The highest BCUT2D eigenvalue weighted by Crippen LogP contribution is 2.53. The minimum Gasteiger partial charge on any atom is -0.488 e. The lowest BCUT2D eigenvalue weighted by Crippen LogP contribution is -2.52. The van der Waals surface area contributed by atoms with Gasteiger partial charge in [0.05, 0.1) is 37.0 Å². The van der Waals surface area contributed by atoms with Crippen LogP contribution in [0.5, 0.6) is 11.5 Å². The van der Waals surface area contributed by atoms with E-state index in [4.69, 9.17) is 30.5 Å². The monoisotopic (exact) mass is 629 g/mol. The summed E-state index contributed by atoms with van der Waals surface area (Å²) in [7, 11) is 1.15. The second-order valence-electron chi connectivity index (χ2n) is 10.7. The third kappa shape index (κ3) is 5.68. The normalized spacial score (nSPS) is 19.0. The molecular formula is C33H34ClF2NO7. The minimum atomic E-state index is -1.21. The Labute approximate surface area is 259 Å². The number of carbonyl (C=O) groups is 2. The van der Waals surface area contributed by atoms with E-state index in [2.05, 4.69) is 0 Å². The Kier molecular flexibility index (Phi) is 9.60. The third-order valence-corrected chi connectivity index (χ3v) is 8.51. The Morgan fingerprint density at radius 2 is 1.91 bits per heavy atom. The fraction of sp³-hybridized carbons (Fsp3) is 0.394. The van der Waals surface area contributed by atoms with E-state index in [0.717, 1.165) is 31.6 Å². The molecule has 1 N–H and O–H groups in total. The smallest absolute Gasteiger partial charge is 0.410 e. The maximum Gasteiger partial charge on any atom is 0.410 e. The standard InChI is InChI=1S/C33H34ClF2NO7/c1-3-4-16-43-32(40)37-14-8-11-26(37)33(20-9-6-5-7-10-20)19-22-25(44-33)18-23(35)29(34)27(22)28-21(31(39)41-2)12-13-24(30(28)36)42-17-15-38/h5-7,9-10,12-13,18,26,38H,3-4,8,11,14-17,19H2,1-2H3/t26-,33-/m0/s1. The molecule has 0 bridgehead atoms. The number of methoxy groups -OCH3 is 1. The zero-order valence-corrected chi connectivity index (χ0v) is 25.3. The Bertz CT molecular complexity index is 1540. The average molecular weight is 630 g/mol. The van der Waals surface area contributed by atoms with Crippen LogP contribution in [0.4, 0.5) is 13.6 Å². The number of ether oxygens (including phenoxy) is 4. The number of rotatable bonds is 10. The van der Waals surface area contributed by atoms with Gasteiger partial charge in [-0.3, -0.25) is 0 Å². The van der Waals surface area contributed by atoms with Gasteiger partial charge in [-0.1, -0.05) is 55.3 Å². The molecular weight excluding hydrogens is 596 g/mol. The molecule has 44 heavy (non-hydrogen) atoms. The molecule has 1 saturated heterocycles. The molecule has 2 aliphatic rings. The largest absolute Gasteiger partial charge is 0.488 e. The zero-order valence-electron chi connectivity index (χ0n) is 24.5. The van der Waals surface area contributed by atoms with Crippen LogP contribution in [0.15, 0.2) is 48.5 Å². The Balaban J connectivity index is 1.69. The molecule has 1 fully saturated rings. The van der Waals surface area contributed by atoms with Gasteiger partial charge < -0.3 is 29.0 Å². The summed E-state index contributed by atoms with van der Waals surface area (Å²) in [4.78, 5) is 27.8. The first-order valence-electron chi connectivity index (χ1n) is 14.6. The second kappa shape index (κ2) is 13.4. The number of likely N-dealkylation sites (tertiary alicyclic amines) is 1. The van der Waals surface area contributed by atoms with Gasteiger partial charge in [0.2, 0.25) is 0 Å². The van der Waals surface area contributed by atoms with Gasteiger partial charge in [-0.15, -0.1) is 0 Å². The summed E-state index contributed by atoms with van der Waals surface area (Å²) < 4.78 is 54.4. The second-order valence-corrected chi connectivity index (χ2v) is 11.1. The molecule has 2 heterocycles. The molecule has 0 spiro atoms. The molecule has 8 nitrogen and oxygen atoms in total. The zero-order chi connectivity index (χ0) is 31.4. The van der Waals surface area contributed by atoms with Gasteiger partial charge in [-0.2, -0.15) is 0 Å². The molecule has 0 radical (unpaired) electrons. The molecule has 0 aliphatic carbocycles. The van der Waals surface area contributed by atoms with Crippen molar-refractivity contribution in [2.75, 3.05) is 33.5 Å². The molecule has 0 aromatic heterocycles. The Morgan fingerprint density at radius 3 is 2.61 bits per heavy atom. The van der Waals surface area contributed by atoms with E-state index in [1.165, 1.54) is 12.1 Å². The number of aliphatic hydroxyl groups is 1. The van der Waals surface area contributed by atoms with Gasteiger partial charge in [0.25, 0.3) is 0 Å². The van der Waals surface area contributed by atoms with Crippen LogP contribution >= 0.6 is 11.6 Å². The van der Waals surface area contributed by atoms with Crippen molar-refractivity contribution >= 4 is 23.7 Å². The van der Waals surface area contributed by atoms with E-state index in [-0.39, 0.29) is 54.4 Å². The molecule has 2 aliphatic heterocycles. The average Bonchev–Trinajstić information content (AvgIpc) is 3.68. The van der Waals surface area contributed by atoms with Crippen LogP contribution < -0.4 is 9.47 Å². The first-order valence-corrected chi connectivity index (χ1v) is 15.0. The number of esters is 1. The molecule has 3 aromatic rings. The van der Waals surface area contributed by atoms with E-state index in [1.807, 2.05) is 37.3 Å². The molecule has 2 atom stereocenters. The van der Waals surface area contributed by atoms with Crippen LogP contribution in [-0.4, -0.2) is 61.6 Å². The van der Waals surface area contributed by atoms with E-state index in [0.29, 0.717) is 24.9 Å². The Hall–Kier alpha value is -3.89. The van der Waals surface area contributed by atoms with Crippen molar-refractivity contribution in [3.05, 3.63) is 81.9 Å². The quantitative estimate of drug-likeness (QED) is 0.198. The topological polar surface area (TPSA) is 94.5 Å². The van der Waals surface area contributed by atoms with Gasteiger partial charge in [0, 0.05) is 35.7 Å². The van der Waals surface area contributed by atoms with Gasteiger partial charge >= 0.3 is 12.1 Å². The first-order chi connectivity index (χ1) is 21.3. The lowest BCUT2D eigenvalue weighted by atomic mass is 9.79. The summed E-state index contributed by atoms with van der Waals surface area (Å²) in [6.45, 7) is 2.14. The molecule has 11 heteroatoms. The van der Waals surface area contributed by atoms with Crippen molar-refractivity contribution in [2.45, 2.75) is 50.7 Å². The summed E-state index contributed by atoms with van der Waals surface area (Å²) in [5, 5.41) is 8.82. The number of amides is 1.